The topological polar surface area (TPSA) is 50.8 Å². The van der Waals surface area contributed by atoms with Crippen LogP contribution < -0.4 is 14.8 Å². The van der Waals surface area contributed by atoms with Gasteiger partial charge in [0.25, 0.3) is 5.91 Å². The lowest BCUT2D eigenvalue weighted by Gasteiger charge is -2.27. The lowest BCUT2D eigenvalue weighted by molar-refractivity contribution is -0.127. The molecule has 0 aliphatic carbocycles. The van der Waals surface area contributed by atoms with E-state index in [0.29, 0.717) is 12.3 Å². The zero-order chi connectivity index (χ0) is 19.1. The second kappa shape index (κ2) is 9.25. The molecule has 140 valence electrons. The Morgan fingerprint density at radius 3 is 2.38 bits per heavy atom. The molecule has 0 aliphatic rings. The molecule has 5 heteroatoms. The van der Waals surface area contributed by atoms with Gasteiger partial charge >= 0.3 is 0 Å². The summed E-state index contributed by atoms with van der Waals surface area (Å²) in [6.45, 7) is 4.23. The molecule has 2 aromatic carbocycles. The van der Waals surface area contributed by atoms with Gasteiger partial charge in [-0.25, -0.2) is 0 Å². The van der Waals surface area contributed by atoms with Gasteiger partial charge in [-0.05, 0) is 46.1 Å². The highest BCUT2D eigenvalue weighted by molar-refractivity contribution is 5.80. The Labute approximate surface area is 155 Å². The fourth-order valence-corrected chi connectivity index (χ4v) is 2.73. The number of carbonyl (C=O) groups excluding carboxylic acids is 1. The predicted molar refractivity (Wildman–Crippen MR) is 104 cm³/mol. The van der Waals surface area contributed by atoms with Gasteiger partial charge in [-0.2, -0.15) is 0 Å². The maximum absolute atomic E-state index is 12.4. The smallest absolute Gasteiger partial charge is 0.260 e. The standard InChI is InChI=1S/C21H28N2O3/c1-15-10-12-17(13-11-15)26-16(2)21(24)22-14-19(23(3)4)18-8-6-7-9-20(18)25-5/h6-13,16,19H,14H2,1-5H3,(H,22,24). The van der Waals surface area contributed by atoms with Crippen LogP contribution >= 0.6 is 0 Å². The van der Waals surface area contributed by atoms with E-state index in [2.05, 4.69) is 10.2 Å². The fraction of sp³-hybridized carbons (Fsp3) is 0.381. The molecule has 0 bridgehead atoms. The molecule has 2 atom stereocenters. The molecule has 5 nitrogen and oxygen atoms in total. The first-order chi connectivity index (χ1) is 12.4. The maximum atomic E-state index is 12.4. The van der Waals surface area contributed by atoms with E-state index in [-0.39, 0.29) is 11.9 Å². The number of nitrogens with zero attached hydrogens (tertiary/aromatic N) is 1. The first-order valence-corrected chi connectivity index (χ1v) is 8.72. The van der Waals surface area contributed by atoms with Crippen LogP contribution in [-0.2, 0) is 4.79 Å². The van der Waals surface area contributed by atoms with Crippen LogP contribution in [0.15, 0.2) is 48.5 Å². The number of ether oxygens (including phenoxy) is 2. The average Bonchev–Trinajstić information content (AvgIpc) is 2.63. The molecule has 0 fully saturated rings. The summed E-state index contributed by atoms with van der Waals surface area (Å²) >= 11 is 0. The number of aryl methyl sites for hydroxylation is 1. The quantitative estimate of drug-likeness (QED) is 0.789. The highest BCUT2D eigenvalue weighted by atomic mass is 16.5. The lowest BCUT2D eigenvalue weighted by Crippen LogP contribution is -2.41. The number of rotatable bonds is 8. The van der Waals surface area contributed by atoms with Gasteiger partial charge in [0.1, 0.15) is 11.5 Å². The summed E-state index contributed by atoms with van der Waals surface area (Å²) in [5.74, 6) is 1.35. The summed E-state index contributed by atoms with van der Waals surface area (Å²) in [4.78, 5) is 14.5. The van der Waals surface area contributed by atoms with Crippen LogP contribution in [0.4, 0.5) is 0 Å². The Balaban J connectivity index is 1.99. The minimum atomic E-state index is -0.571. The van der Waals surface area contributed by atoms with Crippen LogP contribution in [-0.4, -0.2) is 44.7 Å². The Morgan fingerprint density at radius 2 is 1.77 bits per heavy atom. The van der Waals surface area contributed by atoms with Crippen LogP contribution in [0.1, 0.15) is 24.1 Å². The fourth-order valence-electron chi connectivity index (χ4n) is 2.73. The second-order valence-electron chi connectivity index (χ2n) is 6.54. The molecule has 0 saturated carbocycles. The van der Waals surface area contributed by atoms with Crippen LogP contribution in [0.25, 0.3) is 0 Å². The summed E-state index contributed by atoms with van der Waals surface area (Å²) in [5.41, 5.74) is 2.19. The van der Waals surface area contributed by atoms with Crippen molar-refractivity contribution in [2.75, 3.05) is 27.7 Å². The van der Waals surface area contributed by atoms with Crippen molar-refractivity contribution in [3.63, 3.8) is 0 Å². The average molecular weight is 356 g/mol. The van der Waals surface area contributed by atoms with Crippen LogP contribution in [0.3, 0.4) is 0 Å². The van der Waals surface area contributed by atoms with Gasteiger partial charge < -0.3 is 19.7 Å². The van der Waals surface area contributed by atoms with Crippen molar-refractivity contribution >= 4 is 5.91 Å². The van der Waals surface area contributed by atoms with Crippen molar-refractivity contribution in [2.45, 2.75) is 26.0 Å². The van der Waals surface area contributed by atoms with Gasteiger partial charge in [0.2, 0.25) is 0 Å². The second-order valence-corrected chi connectivity index (χ2v) is 6.54. The number of carbonyl (C=O) groups is 1. The van der Waals surface area contributed by atoms with E-state index in [1.54, 1.807) is 14.0 Å². The van der Waals surface area contributed by atoms with Gasteiger partial charge in [-0.3, -0.25) is 4.79 Å². The summed E-state index contributed by atoms with van der Waals surface area (Å²) < 4.78 is 11.2. The summed E-state index contributed by atoms with van der Waals surface area (Å²) in [5, 5.41) is 2.98. The van der Waals surface area contributed by atoms with E-state index >= 15 is 0 Å². The van der Waals surface area contributed by atoms with Crippen molar-refractivity contribution < 1.29 is 14.3 Å². The number of benzene rings is 2. The Hall–Kier alpha value is -2.53. The zero-order valence-corrected chi connectivity index (χ0v) is 16.2. The molecule has 0 aromatic heterocycles. The highest BCUT2D eigenvalue weighted by Crippen LogP contribution is 2.27. The molecule has 0 radical (unpaired) electrons. The molecule has 2 rings (SSSR count). The number of amides is 1. The van der Waals surface area contributed by atoms with Crippen molar-refractivity contribution in [1.82, 2.24) is 10.2 Å². The van der Waals surface area contributed by atoms with Crippen LogP contribution in [0, 0.1) is 6.92 Å². The third-order valence-corrected chi connectivity index (χ3v) is 4.29. The van der Waals surface area contributed by atoms with E-state index in [4.69, 9.17) is 9.47 Å². The summed E-state index contributed by atoms with van der Waals surface area (Å²) in [6.07, 6.45) is -0.571. The first kappa shape index (κ1) is 19.8. The third-order valence-electron chi connectivity index (χ3n) is 4.29. The van der Waals surface area contributed by atoms with Gasteiger partial charge in [0, 0.05) is 12.1 Å². The Bertz CT molecular complexity index is 713. The molecular weight excluding hydrogens is 328 g/mol. The van der Waals surface area contributed by atoms with Crippen molar-refractivity contribution in [3.8, 4) is 11.5 Å². The molecule has 0 spiro atoms. The molecule has 1 amide bonds. The molecule has 2 unspecified atom stereocenters. The van der Waals surface area contributed by atoms with Gasteiger partial charge in [-0.15, -0.1) is 0 Å². The van der Waals surface area contributed by atoms with E-state index in [1.165, 1.54) is 0 Å². The van der Waals surface area contributed by atoms with Crippen molar-refractivity contribution in [2.24, 2.45) is 0 Å². The molecule has 0 heterocycles. The summed E-state index contributed by atoms with van der Waals surface area (Å²) in [7, 11) is 5.62. The lowest BCUT2D eigenvalue weighted by atomic mass is 10.0. The van der Waals surface area contributed by atoms with Crippen molar-refractivity contribution in [1.29, 1.82) is 0 Å². The van der Waals surface area contributed by atoms with Gasteiger partial charge in [0.15, 0.2) is 6.10 Å². The van der Waals surface area contributed by atoms with E-state index in [9.17, 15) is 4.79 Å². The number of nitrogens with one attached hydrogen (secondary N) is 1. The largest absolute Gasteiger partial charge is 0.496 e. The number of para-hydroxylation sites is 1. The Morgan fingerprint density at radius 1 is 1.12 bits per heavy atom. The minimum absolute atomic E-state index is 0.00155. The van der Waals surface area contributed by atoms with Gasteiger partial charge in [-0.1, -0.05) is 35.9 Å². The molecule has 0 aliphatic heterocycles. The zero-order valence-electron chi connectivity index (χ0n) is 16.2. The van der Waals surface area contributed by atoms with E-state index < -0.39 is 6.10 Å². The number of likely N-dealkylation sites (N-methyl/N-ethyl adjacent to an activating group) is 1. The Kier molecular flexibility index (Phi) is 7.04. The van der Waals surface area contributed by atoms with E-state index in [0.717, 1.165) is 16.9 Å². The summed E-state index contributed by atoms with van der Waals surface area (Å²) in [6, 6.07) is 15.5. The first-order valence-electron chi connectivity index (χ1n) is 8.72. The molecular formula is C21H28N2O3. The molecule has 2 aromatic rings. The molecule has 1 N–H and O–H groups in total. The molecule has 26 heavy (non-hydrogen) atoms. The minimum Gasteiger partial charge on any atom is -0.496 e. The highest BCUT2D eigenvalue weighted by Gasteiger charge is 2.21. The monoisotopic (exact) mass is 356 g/mol. The van der Waals surface area contributed by atoms with E-state index in [1.807, 2.05) is 69.6 Å². The number of hydrogen-bond donors (Lipinski definition) is 1. The van der Waals surface area contributed by atoms with Crippen LogP contribution in [0.5, 0.6) is 11.5 Å². The maximum Gasteiger partial charge on any atom is 0.260 e. The number of methoxy groups -OCH3 is 1. The van der Waals surface area contributed by atoms with Gasteiger partial charge in [0.05, 0.1) is 13.2 Å². The van der Waals surface area contributed by atoms with Crippen molar-refractivity contribution in [3.05, 3.63) is 59.7 Å². The third kappa shape index (κ3) is 5.23. The van der Waals surface area contributed by atoms with Crippen LogP contribution in [0.2, 0.25) is 0 Å². The SMILES string of the molecule is COc1ccccc1C(CNC(=O)C(C)Oc1ccc(C)cc1)N(C)C. The predicted octanol–water partition coefficient (Wildman–Crippen LogP) is 3.19. The number of hydrogen-bond acceptors (Lipinski definition) is 4. The normalized spacial score (nSPS) is 13.2. The molecule has 0 saturated heterocycles.